The standard InChI is InChI=1S/C6H3Cl3N2O2/c7-6(8,9)5-10-1-3(2-11-5)4(12)13/h1-2H,(H,12,13). The number of aromatic carboxylic acids is 1. The van der Waals surface area contributed by atoms with Crippen LogP contribution < -0.4 is 0 Å². The maximum Gasteiger partial charge on any atom is 0.338 e. The van der Waals surface area contributed by atoms with Gasteiger partial charge in [-0.2, -0.15) is 0 Å². The van der Waals surface area contributed by atoms with E-state index in [2.05, 4.69) is 9.97 Å². The molecule has 0 aromatic carbocycles. The second-order valence-corrected chi connectivity index (χ2v) is 4.38. The normalized spacial score (nSPS) is 11.3. The van der Waals surface area contributed by atoms with Gasteiger partial charge < -0.3 is 5.11 Å². The number of hydrogen-bond donors (Lipinski definition) is 1. The van der Waals surface area contributed by atoms with Crippen molar-refractivity contribution in [1.82, 2.24) is 9.97 Å². The van der Waals surface area contributed by atoms with Crippen molar-refractivity contribution in [2.24, 2.45) is 0 Å². The quantitative estimate of drug-likeness (QED) is 0.764. The van der Waals surface area contributed by atoms with Crippen LogP contribution in [0.1, 0.15) is 16.2 Å². The maximum absolute atomic E-state index is 10.4. The van der Waals surface area contributed by atoms with Crippen LogP contribution in [0.3, 0.4) is 0 Å². The van der Waals surface area contributed by atoms with Gasteiger partial charge in [0.2, 0.25) is 3.79 Å². The number of hydrogen-bond acceptors (Lipinski definition) is 3. The van der Waals surface area contributed by atoms with Crippen molar-refractivity contribution in [2.75, 3.05) is 0 Å². The first kappa shape index (κ1) is 10.5. The van der Waals surface area contributed by atoms with Gasteiger partial charge >= 0.3 is 5.97 Å². The number of carboxylic acid groups (broad SMARTS) is 1. The summed E-state index contributed by atoms with van der Waals surface area (Å²) in [7, 11) is 0. The Bertz CT molecular complexity index is 320. The van der Waals surface area contributed by atoms with Crippen LogP contribution in [0.2, 0.25) is 0 Å². The monoisotopic (exact) mass is 240 g/mol. The molecule has 0 saturated heterocycles. The molecule has 0 unspecified atom stereocenters. The van der Waals surface area contributed by atoms with Gasteiger partial charge in [0.1, 0.15) is 0 Å². The molecular weight excluding hydrogens is 238 g/mol. The van der Waals surface area contributed by atoms with E-state index in [1.807, 2.05) is 0 Å². The molecule has 0 fully saturated rings. The lowest BCUT2D eigenvalue weighted by atomic mass is 10.3. The number of rotatable bonds is 1. The Balaban J connectivity index is 3.01. The third-order valence-corrected chi connectivity index (χ3v) is 1.66. The van der Waals surface area contributed by atoms with Gasteiger partial charge in [-0.1, -0.05) is 34.8 Å². The predicted octanol–water partition coefficient (Wildman–Crippen LogP) is 2.00. The molecule has 0 spiro atoms. The summed E-state index contributed by atoms with van der Waals surface area (Å²) >= 11 is 16.3. The summed E-state index contributed by atoms with van der Waals surface area (Å²) in [4.78, 5) is 17.5. The highest BCUT2D eigenvalue weighted by molar-refractivity contribution is 6.66. The van der Waals surface area contributed by atoms with Gasteiger partial charge in [0.15, 0.2) is 5.82 Å². The Kier molecular flexibility index (Phi) is 2.95. The van der Waals surface area contributed by atoms with Crippen molar-refractivity contribution in [3.05, 3.63) is 23.8 Å². The zero-order chi connectivity index (χ0) is 10.1. The van der Waals surface area contributed by atoms with Gasteiger partial charge in [-0.15, -0.1) is 0 Å². The lowest BCUT2D eigenvalue weighted by Gasteiger charge is -2.07. The van der Waals surface area contributed by atoms with Gasteiger partial charge in [0.25, 0.3) is 0 Å². The molecule has 0 aliphatic rings. The highest BCUT2D eigenvalue weighted by Gasteiger charge is 2.26. The SMILES string of the molecule is O=C(O)c1cnc(C(Cl)(Cl)Cl)nc1. The Morgan fingerprint density at radius 1 is 1.31 bits per heavy atom. The first-order valence-electron chi connectivity index (χ1n) is 3.04. The molecular formula is C6H3Cl3N2O2. The Labute approximate surface area is 88.5 Å². The summed E-state index contributed by atoms with van der Waals surface area (Å²) in [6, 6.07) is 0. The fourth-order valence-corrected chi connectivity index (χ4v) is 0.878. The molecule has 0 atom stereocenters. The van der Waals surface area contributed by atoms with Crippen LogP contribution in [0.15, 0.2) is 12.4 Å². The van der Waals surface area contributed by atoms with Gasteiger partial charge in [-0.3, -0.25) is 0 Å². The molecule has 0 aliphatic heterocycles. The largest absolute Gasteiger partial charge is 0.478 e. The van der Waals surface area contributed by atoms with E-state index in [0.29, 0.717) is 0 Å². The minimum absolute atomic E-state index is 0.0532. The van der Waals surface area contributed by atoms with E-state index in [-0.39, 0.29) is 11.4 Å². The van der Waals surface area contributed by atoms with Crippen molar-refractivity contribution in [3.63, 3.8) is 0 Å². The minimum Gasteiger partial charge on any atom is -0.478 e. The molecule has 0 aliphatic carbocycles. The molecule has 0 bridgehead atoms. The lowest BCUT2D eigenvalue weighted by Crippen LogP contribution is -2.08. The second kappa shape index (κ2) is 3.65. The first-order chi connectivity index (χ1) is 5.91. The second-order valence-electron chi connectivity index (χ2n) is 2.10. The van der Waals surface area contributed by atoms with Crippen LogP contribution in [0, 0.1) is 0 Å². The number of aromatic nitrogens is 2. The van der Waals surface area contributed by atoms with E-state index in [1.54, 1.807) is 0 Å². The molecule has 1 rings (SSSR count). The van der Waals surface area contributed by atoms with Crippen molar-refractivity contribution >= 4 is 40.8 Å². The third kappa shape index (κ3) is 2.69. The van der Waals surface area contributed by atoms with E-state index in [4.69, 9.17) is 39.9 Å². The molecule has 0 saturated carbocycles. The molecule has 0 amide bonds. The summed E-state index contributed by atoms with van der Waals surface area (Å²) in [6.45, 7) is 0. The van der Waals surface area contributed by atoms with Crippen molar-refractivity contribution in [3.8, 4) is 0 Å². The zero-order valence-electron chi connectivity index (χ0n) is 6.04. The van der Waals surface area contributed by atoms with Crippen molar-refractivity contribution < 1.29 is 9.90 Å². The molecule has 4 nitrogen and oxygen atoms in total. The zero-order valence-corrected chi connectivity index (χ0v) is 8.31. The summed E-state index contributed by atoms with van der Waals surface area (Å²) in [5.74, 6) is -1.18. The summed E-state index contributed by atoms with van der Waals surface area (Å²) in [5, 5.41) is 8.50. The van der Waals surface area contributed by atoms with E-state index in [1.165, 1.54) is 0 Å². The molecule has 70 valence electrons. The van der Waals surface area contributed by atoms with Gasteiger partial charge in [-0.25, -0.2) is 14.8 Å². The topological polar surface area (TPSA) is 63.1 Å². The average molecular weight is 241 g/mol. The Morgan fingerprint density at radius 2 is 1.77 bits per heavy atom. The highest BCUT2D eigenvalue weighted by atomic mass is 35.6. The van der Waals surface area contributed by atoms with Crippen LogP contribution in [0.25, 0.3) is 0 Å². The number of carboxylic acids is 1. The van der Waals surface area contributed by atoms with Crippen LogP contribution in [0.5, 0.6) is 0 Å². The van der Waals surface area contributed by atoms with Gasteiger partial charge in [-0.05, 0) is 0 Å². The molecule has 7 heteroatoms. The van der Waals surface area contributed by atoms with E-state index >= 15 is 0 Å². The minimum atomic E-state index is -1.73. The van der Waals surface area contributed by atoms with Crippen LogP contribution >= 0.6 is 34.8 Å². The summed E-state index contributed by atoms with van der Waals surface area (Å²) in [5.41, 5.74) is -0.0574. The maximum atomic E-state index is 10.4. The Morgan fingerprint density at radius 3 is 2.08 bits per heavy atom. The lowest BCUT2D eigenvalue weighted by molar-refractivity contribution is 0.0696. The fraction of sp³-hybridized carbons (Fsp3) is 0.167. The fourth-order valence-electron chi connectivity index (χ4n) is 0.585. The summed E-state index contributed by atoms with van der Waals surface area (Å²) in [6.07, 6.45) is 2.15. The first-order valence-corrected chi connectivity index (χ1v) is 4.17. The van der Waals surface area contributed by atoms with E-state index in [9.17, 15) is 4.79 Å². The van der Waals surface area contributed by atoms with Crippen molar-refractivity contribution in [2.45, 2.75) is 3.79 Å². The summed E-state index contributed by atoms with van der Waals surface area (Å²) < 4.78 is -1.73. The molecule has 13 heavy (non-hydrogen) atoms. The molecule has 1 aromatic rings. The smallest absolute Gasteiger partial charge is 0.338 e. The van der Waals surface area contributed by atoms with Gasteiger partial charge in [0.05, 0.1) is 5.56 Å². The number of nitrogens with zero attached hydrogens (tertiary/aromatic N) is 2. The molecule has 0 radical (unpaired) electrons. The van der Waals surface area contributed by atoms with Crippen molar-refractivity contribution in [1.29, 1.82) is 0 Å². The van der Waals surface area contributed by atoms with Gasteiger partial charge in [0, 0.05) is 12.4 Å². The Hall–Kier alpha value is -0.580. The van der Waals surface area contributed by atoms with Crippen LogP contribution in [-0.4, -0.2) is 21.0 Å². The number of carbonyl (C=O) groups is 1. The molecule has 1 N–H and O–H groups in total. The van der Waals surface area contributed by atoms with E-state index in [0.717, 1.165) is 12.4 Å². The highest BCUT2D eigenvalue weighted by Crippen LogP contribution is 2.35. The molecule has 1 heterocycles. The van der Waals surface area contributed by atoms with E-state index < -0.39 is 9.76 Å². The predicted molar refractivity (Wildman–Crippen MR) is 48.2 cm³/mol. The molecule has 1 aromatic heterocycles. The number of alkyl halides is 3. The third-order valence-electron chi connectivity index (χ3n) is 1.15. The number of halogens is 3. The average Bonchev–Trinajstić information content (AvgIpc) is 2.03. The van der Waals surface area contributed by atoms with Crippen LogP contribution in [-0.2, 0) is 3.79 Å². The van der Waals surface area contributed by atoms with Crippen LogP contribution in [0.4, 0.5) is 0 Å².